The van der Waals surface area contributed by atoms with E-state index in [9.17, 15) is 0 Å². The van der Waals surface area contributed by atoms with Crippen LogP contribution in [0.5, 0.6) is 0 Å². The normalized spacial score (nSPS) is 21.0. The summed E-state index contributed by atoms with van der Waals surface area (Å²) in [5, 5.41) is 2.61. The van der Waals surface area contributed by atoms with E-state index in [2.05, 4.69) is 126 Å². The molecule has 0 amide bonds. The quantitative estimate of drug-likeness (QED) is 0.203. The maximum absolute atomic E-state index is 5.13. The van der Waals surface area contributed by atoms with Crippen LogP contribution in [0.25, 0.3) is 50.3 Å². The third-order valence-corrected chi connectivity index (χ3v) is 10.4. The van der Waals surface area contributed by atoms with Crippen molar-refractivity contribution in [1.82, 2.24) is 19.5 Å². The van der Waals surface area contributed by atoms with E-state index in [1.165, 1.54) is 52.3 Å². The monoisotopic (exact) mass is 582 g/mol. The number of hydrogen-bond acceptors (Lipinski definition) is 3. The molecule has 3 fully saturated rings. The van der Waals surface area contributed by atoms with Gasteiger partial charge >= 0.3 is 0 Å². The highest BCUT2D eigenvalue weighted by Gasteiger charge is 2.44. The Kier molecular flexibility index (Phi) is 6.33. The van der Waals surface area contributed by atoms with Gasteiger partial charge in [-0.25, -0.2) is 15.0 Å². The van der Waals surface area contributed by atoms with E-state index in [4.69, 9.17) is 15.0 Å². The maximum Gasteiger partial charge on any atom is 0.163 e. The zero-order valence-electron chi connectivity index (χ0n) is 25.1. The summed E-state index contributed by atoms with van der Waals surface area (Å²) in [4.78, 5) is 15.2. The number of aromatic nitrogens is 4. The van der Waals surface area contributed by atoms with Gasteiger partial charge in [-0.05, 0) is 73.3 Å². The van der Waals surface area contributed by atoms with E-state index in [1.54, 1.807) is 0 Å². The predicted octanol–water partition coefficient (Wildman–Crippen LogP) is 9.99. The number of nitrogens with zero attached hydrogens (tertiary/aromatic N) is 4. The van der Waals surface area contributed by atoms with E-state index in [-0.39, 0.29) is 0 Å². The maximum atomic E-state index is 5.13. The lowest BCUT2D eigenvalue weighted by Gasteiger charge is -2.47. The van der Waals surface area contributed by atoms with Crippen molar-refractivity contribution in [3.63, 3.8) is 0 Å². The van der Waals surface area contributed by atoms with Gasteiger partial charge in [0.2, 0.25) is 0 Å². The van der Waals surface area contributed by atoms with Crippen LogP contribution < -0.4 is 0 Å². The van der Waals surface area contributed by atoms with Crippen molar-refractivity contribution in [2.24, 2.45) is 11.8 Å². The van der Waals surface area contributed by atoms with Crippen LogP contribution in [0.15, 0.2) is 133 Å². The average molecular weight is 583 g/mol. The molecule has 218 valence electrons. The molecule has 2 heterocycles. The SMILES string of the molecule is c1ccc(-c2nc(-c3ccccc3)nc(C3CC4CCC3CC4c3ccc(-n4c5ccccc5c5ccccc54)cc3)n2)cc1. The molecule has 0 aliphatic heterocycles. The fraction of sp³-hybridized carbons (Fsp3) is 0.195. The van der Waals surface area contributed by atoms with Crippen molar-refractivity contribution >= 4 is 21.8 Å². The third kappa shape index (κ3) is 4.55. The molecule has 4 nitrogen and oxygen atoms in total. The Morgan fingerprint density at radius 1 is 0.467 bits per heavy atom. The largest absolute Gasteiger partial charge is 0.309 e. The molecule has 5 aromatic carbocycles. The Bertz CT molecular complexity index is 2020. The number of hydrogen-bond donors (Lipinski definition) is 0. The van der Waals surface area contributed by atoms with Crippen LogP contribution >= 0.6 is 0 Å². The van der Waals surface area contributed by atoms with Crippen molar-refractivity contribution in [1.29, 1.82) is 0 Å². The molecule has 45 heavy (non-hydrogen) atoms. The Hall–Kier alpha value is -5.09. The molecule has 7 aromatic rings. The molecular weight excluding hydrogens is 548 g/mol. The molecule has 0 saturated heterocycles. The lowest BCUT2D eigenvalue weighted by molar-refractivity contribution is 0.113. The predicted molar refractivity (Wildman–Crippen MR) is 182 cm³/mol. The number of benzene rings is 5. The number of para-hydroxylation sites is 2. The smallest absolute Gasteiger partial charge is 0.163 e. The topological polar surface area (TPSA) is 43.6 Å². The minimum atomic E-state index is 0.366. The van der Waals surface area contributed by atoms with Gasteiger partial charge in [-0.15, -0.1) is 0 Å². The molecule has 4 unspecified atom stereocenters. The molecule has 2 aromatic heterocycles. The van der Waals surface area contributed by atoms with E-state index < -0.39 is 0 Å². The molecule has 3 aliphatic rings. The van der Waals surface area contributed by atoms with E-state index in [1.807, 2.05) is 12.1 Å². The summed E-state index contributed by atoms with van der Waals surface area (Å²) in [6.07, 6.45) is 4.86. The second kappa shape index (κ2) is 10.8. The van der Waals surface area contributed by atoms with Gasteiger partial charge in [0.25, 0.3) is 0 Å². The number of fused-ring (bicyclic) bond motifs is 6. The van der Waals surface area contributed by atoms with Gasteiger partial charge in [-0.3, -0.25) is 0 Å². The van der Waals surface area contributed by atoms with Gasteiger partial charge in [-0.1, -0.05) is 109 Å². The molecule has 0 radical (unpaired) electrons. The molecule has 10 rings (SSSR count). The van der Waals surface area contributed by atoms with Crippen LogP contribution in [0, 0.1) is 11.8 Å². The van der Waals surface area contributed by atoms with Crippen molar-refractivity contribution in [2.45, 2.75) is 37.5 Å². The van der Waals surface area contributed by atoms with Gasteiger partial charge in [0, 0.05) is 33.5 Å². The lowest BCUT2D eigenvalue weighted by Crippen LogP contribution is -2.36. The van der Waals surface area contributed by atoms with Gasteiger partial charge in [-0.2, -0.15) is 0 Å². The van der Waals surface area contributed by atoms with Crippen molar-refractivity contribution in [2.75, 3.05) is 0 Å². The average Bonchev–Trinajstić information content (AvgIpc) is 3.47. The van der Waals surface area contributed by atoms with Crippen LogP contribution in [-0.2, 0) is 0 Å². The number of rotatable bonds is 5. The van der Waals surface area contributed by atoms with Gasteiger partial charge in [0.1, 0.15) is 5.82 Å². The lowest BCUT2D eigenvalue weighted by atomic mass is 9.58. The molecule has 0 N–H and O–H groups in total. The van der Waals surface area contributed by atoms with Crippen molar-refractivity contribution in [3.05, 3.63) is 145 Å². The zero-order valence-corrected chi connectivity index (χ0v) is 25.1. The van der Waals surface area contributed by atoms with E-state index in [0.29, 0.717) is 23.7 Å². The fourth-order valence-electron chi connectivity index (χ4n) is 8.22. The fourth-order valence-corrected chi connectivity index (χ4v) is 8.22. The van der Waals surface area contributed by atoms with Gasteiger partial charge in [0.15, 0.2) is 11.6 Å². The Balaban J connectivity index is 1.03. The second-order valence-corrected chi connectivity index (χ2v) is 12.8. The Labute approximate surface area is 263 Å². The standard InChI is InChI=1S/C41H34N4/c1-3-11-28(12-4-1)39-42-40(29-13-5-2-6-14-29)44-41(43-39)36-26-30-19-20-31(36)25-35(30)27-21-23-32(24-22-27)45-37-17-9-7-15-33(37)34-16-8-10-18-38(34)45/h1-18,21-24,30-31,35-36H,19-20,25-26H2. The van der Waals surface area contributed by atoms with Crippen LogP contribution in [0.2, 0.25) is 0 Å². The van der Waals surface area contributed by atoms with Crippen molar-refractivity contribution < 1.29 is 0 Å². The third-order valence-electron chi connectivity index (χ3n) is 10.4. The van der Waals surface area contributed by atoms with E-state index in [0.717, 1.165) is 35.0 Å². The first-order valence-corrected chi connectivity index (χ1v) is 16.3. The second-order valence-electron chi connectivity index (χ2n) is 12.8. The summed E-state index contributed by atoms with van der Waals surface area (Å²) >= 11 is 0. The summed E-state index contributed by atoms with van der Waals surface area (Å²) in [6, 6.07) is 47.6. The first-order chi connectivity index (χ1) is 22.3. The van der Waals surface area contributed by atoms with Crippen molar-refractivity contribution in [3.8, 4) is 28.5 Å². The summed E-state index contributed by atoms with van der Waals surface area (Å²) in [5.41, 5.74) is 7.29. The molecule has 4 heteroatoms. The molecule has 0 spiro atoms. The van der Waals surface area contributed by atoms with Crippen LogP contribution in [0.3, 0.4) is 0 Å². The molecule has 2 bridgehead atoms. The molecule has 3 saturated carbocycles. The minimum absolute atomic E-state index is 0.366. The minimum Gasteiger partial charge on any atom is -0.309 e. The molecular formula is C41H34N4. The molecule has 3 aliphatic carbocycles. The van der Waals surface area contributed by atoms with Crippen LogP contribution in [0.4, 0.5) is 0 Å². The highest BCUT2D eigenvalue weighted by atomic mass is 15.0. The zero-order chi connectivity index (χ0) is 29.7. The highest BCUT2D eigenvalue weighted by Crippen LogP contribution is 2.55. The summed E-state index contributed by atoms with van der Waals surface area (Å²) in [6.45, 7) is 0. The first kappa shape index (κ1) is 26.3. The summed E-state index contributed by atoms with van der Waals surface area (Å²) < 4.78 is 2.41. The van der Waals surface area contributed by atoms with E-state index >= 15 is 0 Å². The molecule has 4 atom stereocenters. The van der Waals surface area contributed by atoms with Gasteiger partial charge < -0.3 is 4.57 Å². The Morgan fingerprint density at radius 3 is 1.49 bits per heavy atom. The van der Waals surface area contributed by atoms with Crippen LogP contribution in [-0.4, -0.2) is 19.5 Å². The van der Waals surface area contributed by atoms with Gasteiger partial charge in [0.05, 0.1) is 11.0 Å². The Morgan fingerprint density at radius 2 is 0.956 bits per heavy atom. The summed E-state index contributed by atoms with van der Waals surface area (Å²) in [5.74, 6) is 4.68. The summed E-state index contributed by atoms with van der Waals surface area (Å²) in [7, 11) is 0. The van der Waals surface area contributed by atoms with Crippen LogP contribution in [0.1, 0.15) is 48.9 Å². The first-order valence-electron chi connectivity index (χ1n) is 16.3. The highest BCUT2D eigenvalue weighted by molar-refractivity contribution is 6.09.